The van der Waals surface area contributed by atoms with Crippen LogP contribution in [0.2, 0.25) is 0 Å². The molecular weight excluding hydrogens is 202 g/mol. The van der Waals surface area contributed by atoms with Crippen molar-refractivity contribution < 1.29 is 9.78 Å². The summed E-state index contributed by atoms with van der Waals surface area (Å²) in [6.45, 7) is 1.67. The first-order valence-electron chi connectivity index (χ1n) is 5.15. The average Bonchev–Trinajstić information content (AvgIpc) is 2.28. The lowest BCUT2D eigenvalue weighted by Crippen LogP contribution is -2.48. The topological polar surface area (TPSA) is 48.5 Å². The Morgan fingerprint density at radius 1 is 1.31 bits per heavy atom. The van der Waals surface area contributed by atoms with E-state index in [1.165, 1.54) is 6.21 Å². The third-order valence-corrected chi connectivity index (χ3v) is 2.65. The largest absolute Gasteiger partial charge is 0.349 e. The Morgan fingerprint density at radius 2 is 2.12 bits per heavy atom. The molecule has 3 rings (SSSR count). The van der Waals surface area contributed by atoms with Gasteiger partial charge in [-0.15, -0.1) is 4.68 Å². The van der Waals surface area contributed by atoms with Gasteiger partial charge in [0.25, 0.3) is 0 Å². The van der Waals surface area contributed by atoms with Gasteiger partial charge in [-0.05, 0) is 17.5 Å². The number of fused-ring (bicyclic) bond motifs is 3. The summed E-state index contributed by atoms with van der Waals surface area (Å²) < 4.78 is 1.72. The normalized spacial score (nSPS) is 22.9. The molecule has 2 N–H and O–H groups in total. The summed E-state index contributed by atoms with van der Waals surface area (Å²) in [5.41, 5.74) is -1.09. The maximum atomic E-state index is 9.91. The molecule has 1 aromatic carbocycles. The third kappa shape index (κ3) is 1.35. The Kier molecular flexibility index (Phi) is 1.76. The highest BCUT2D eigenvalue weighted by Gasteiger charge is 2.31. The second-order valence-corrected chi connectivity index (χ2v) is 4.11. The number of hydrogen-bond acceptors (Lipinski definition) is 3. The summed E-state index contributed by atoms with van der Waals surface area (Å²) in [7, 11) is 0. The molecular formula is C12H12N3O+. The molecule has 4 heteroatoms. The molecule has 1 unspecified atom stereocenters. The number of anilines is 1. The molecule has 0 radical (unpaired) electrons. The summed E-state index contributed by atoms with van der Waals surface area (Å²) in [6.07, 6.45) is 3.35. The van der Waals surface area contributed by atoms with Gasteiger partial charge in [0.2, 0.25) is 5.72 Å². The van der Waals surface area contributed by atoms with Gasteiger partial charge in [0.1, 0.15) is 12.4 Å². The summed E-state index contributed by atoms with van der Waals surface area (Å²) >= 11 is 0. The first kappa shape index (κ1) is 9.30. The van der Waals surface area contributed by atoms with Crippen LogP contribution in [0, 0.1) is 0 Å². The first-order chi connectivity index (χ1) is 7.66. The summed E-state index contributed by atoms with van der Waals surface area (Å²) in [5.74, 6) is 0.811. The number of aliphatic hydroxyl groups is 1. The van der Waals surface area contributed by atoms with Gasteiger partial charge >= 0.3 is 5.82 Å². The highest BCUT2D eigenvalue weighted by atomic mass is 16.3. The van der Waals surface area contributed by atoms with E-state index in [-0.39, 0.29) is 0 Å². The molecule has 1 atom stereocenters. The van der Waals surface area contributed by atoms with E-state index in [0.29, 0.717) is 0 Å². The molecule has 0 saturated heterocycles. The van der Waals surface area contributed by atoms with Crippen molar-refractivity contribution in [2.75, 3.05) is 5.32 Å². The van der Waals surface area contributed by atoms with Crippen molar-refractivity contribution in [1.82, 2.24) is 0 Å². The molecule has 1 aliphatic rings. The van der Waals surface area contributed by atoms with Crippen LogP contribution in [0.1, 0.15) is 6.92 Å². The van der Waals surface area contributed by atoms with E-state index in [0.717, 1.165) is 16.6 Å². The number of pyridine rings is 1. The zero-order valence-electron chi connectivity index (χ0n) is 8.88. The van der Waals surface area contributed by atoms with Gasteiger partial charge < -0.3 is 5.11 Å². The van der Waals surface area contributed by atoms with Gasteiger partial charge in [0.05, 0.1) is 5.39 Å². The van der Waals surface area contributed by atoms with Crippen molar-refractivity contribution in [2.24, 2.45) is 5.10 Å². The van der Waals surface area contributed by atoms with Crippen molar-refractivity contribution >= 4 is 22.8 Å². The molecule has 80 valence electrons. The second kappa shape index (κ2) is 3.02. The number of rotatable bonds is 0. The molecule has 0 spiro atoms. The van der Waals surface area contributed by atoms with Crippen LogP contribution < -0.4 is 9.99 Å². The standard InChI is InChI=1S/C12H11N3O/c1-12(16)8-13-15-7-6-9-4-2-3-5-10(9)11(15)14-12/h2-8,16H,1H3/p+1. The number of aromatic nitrogens is 1. The Hall–Kier alpha value is -1.94. The third-order valence-electron chi connectivity index (χ3n) is 2.65. The quantitative estimate of drug-likeness (QED) is 0.645. The fraction of sp³-hybridized carbons (Fsp3) is 0.167. The number of nitrogens with one attached hydrogen (secondary N) is 1. The van der Waals surface area contributed by atoms with E-state index in [2.05, 4.69) is 10.4 Å². The van der Waals surface area contributed by atoms with Crippen molar-refractivity contribution in [3.63, 3.8) is 0 Å². The molecule has 0 amide bonds. The van der Waals surface area contributed by atoms with Crippen LogP contribution in [0.15, 0.2) is 41.6 Å². The van der Waals surface area contributed by atoms with Crippen LogP contribution in [0.25, 0.3) is 10.8 Å². The molecule has 16 heavy (non-hydrogen) atoms. The van der Waals surface area contributed by atoms with Crippen molar-refractivity contribution in [2.45, 2.75) is 12.6 Å². The number of benzene rings is 1. The van der Waals surface area contributed by atoms with Crippen LogP contribution >= 0.6 is 0 Å². The predicted octanol–water partition coefficient (Wildman–Crippen LogP) is 1.10. The van der Waals surface area contributed by atoms with Gasteiger partial charge in [0, 0.05) is 6.92 Å². The van der Waals surface area contributed by atoms with Gasteiger partial charge in [-0.3, -0.25) is 0 Å². The second-order valence-electron chi connectivity index (χ2n) is 4.11. The Balaban J connectivity index is 2.31. The monoisotopic (exact) mass is 214 g/mol. The Labute approximate surface area is 92.8 Å². The summed E-state index contributed by atoms with van der Waals surface area (Å²) in [4.78, 5) is 0. The minimum atomic E-state index is -1.09. The highest BCUT2D eigenvalue weighted by molar-refractivity contribution is 5.91. The Morgan fingerprint density at radius 3 is 3.00 bits per heavy atom. The molecule has 2 aromatic rings. The van der Waals surface area contributed by atoms with Gasteiger partial charge in [0.15, 0.2) is 0 Å². The van der Waals surface area contributed by atoms with Crippen molar-refractivity contribution in [1.29, 1.82) is 0 Å². The lowest BCUT2D eigenvalue weighted by atomic mass is 10.1. The van der Waals surface area contributed by atoms with Crippen LogP contribution in [0.3, 0.4) is 0 Å². The molecule has 2 heterocycles. The SMILES string of the molecule is CC1(O)C=N[n+]2ccc3ccccc3c2N1. The van der Waals surface area contributed by atoms with Gasteiger partial charge in [-0.25, -0.2) is 5.32 Å². The lowest BCUT2D eigenvalue weighted by Gasteiger charge is -2.19. The van der Waals surface area contributed by atoms with Crippen LogP contribution in [0.4, 0.5) is 5.82 Å². The maximum Gasteiger partial charge on any atom is 0.310 e. The van der Waals surface area contributed by atoms with E-state index < -0.39 is 5.72 Å². The van der Waals surface area contributed by atoms with Crippen LogP contribution in [-0.4, -0.2) is 17.0 Å². The molecule has 4 nitrogen and oxygen atoms in total. The Bertz CT molecular complexity index is 590. The summed E-state index contributed by atoms with van der Waals surface area (Å²) in [5, 5.41) is 19.3. The molecule has 0 saturated carbocycles. The van der Waals surface area contributed by atoms with Crippen molar-refractivity contribution in [3.05, 3.63) is 36.5 Å². The van der Waals surface area contributed by atoms with Crippen LogP contribution in [0.5, 0.6) is 0 Å². The van der Waals surface area contributed by atoms with E-state index in [9.17, 15) is 5.11 Å². The van der Waals surface area contributed by atoms with E-state index in [1.54, 1.807) is 11.6 Å². The fourth-order valence-corrected chi connectivity index (χ4v) is 1.87. The molecule has 0 bridgehead atoms. The van der Waals surface area contributed by atoms with E-state index >= 15 is 0 Å². The van der Waals surface area contributed by atoms with Gasteiger partial charge in [-0.1, -0.05) is 23.3 Å². The lowest BCUT2D eigenvalue weighted by molar-refractivity contribution is -0.665. The van der Waals surface area contributed by atoms with Crippen LogP contribution in [-0.2, 0) is 0 Å². The van der Waals surface area contributed by atoms with Crippen molar-refractivity contribution in [3.8, 4) is 0 Å². The highest BCUT2D eigenvalue weighted by Crippen LogP contribution is 2.22. The van der Waals surface area contributed by atoms with E-state index in [1.807, 2.05) is 36.5 Å². The number of hydrogen-bond donors (Lipinski definition) is 2. The smallest absolute Gasteiger partial charge is 0.310 e. The summed E-state index contributed by atoms with van der Waals surface area (Å²) in [6, 6.07) is 10.00. The first-order valence-corrected chi connectivity index (χ1v) is 5.15. The molecule has 1 aliphatic heterocycles. The zero-order chi connectivity index (χ0) is 11.2. The average molecular weight is 214 g/mol. The molecule has 0 aliphatic carbocycles. The fourth-order valence-electron chi connectivity index (χ4n) is 1.87. The predicted molar refractivity (Wildman–Crippen MR) is 62.3 cm³/mol. The minimum absolute atomic E-state index is 0.811. The number of nitrogens with zero attached hydrogens (tertiary/aromatic N) is 2. The van der Waals surface area contributed by atoms with Gasteiger partial charge in [-0.2, -0.15) is 0 Å². The molecule has 1 aromatic heterocycles. The minimum Gasteiger partial charge on any atom is -0.349 e. The van der Waals surface area contributed by atoms with E-state index in [4.69, 9.17) is 0 Å². The molecule has 0 fully saturated rings. The maximum absolute atomic E-state index is 9.91. The zero-order valence-corrected chi connectivity index (χ0v) is 8.88.